The molecule has 0 bridgehead atoms. The second-order valence-electron chi connectivity index (χ2n) is 6.82. The molecule has 1 heterocycles. The summed E-state index contributed by atoms with van der Waals surface area (Å²) in [5.74, 6) is 1.39. The summed E-state index contributed by atoms with van der Waals surface area (Å²) in [6.07, 6.45) is 3.37. The smallest absolute Gasteiger partial charge is 0.240 e. The molecule has 1 N–H and O–H groups in total. The van der Waals surface area contributed by atoms with E-state index in [-0.39, 0.29) is 4.90 Å². The quantitative estimate of drug-likeness (QED) is 0.594. The van der Waals surface area contributed by atoms with Gasteiger partial charge in [-0.15, -0.1) is 0 Å². The standard InChI is InChI=1S/C19H32N2O4S/c1-3-24-14-15-25-18-7-9-19(10-8-18)26(22,23)20-11-5-13-21-12-4-6-17(2)16-21/h7-10,17,20H,3-6,11-16H2,1-2H3/t17-/m1/s1. The normalized spacial score (nSPS) is 18.8. The van der Waals surface area contributed by atoms with Crippen molar-refractivity contribution in [3.05, 3.63) is 24.3 Å². The van der Waals surface area contributed by atoms with Crippen molar-refractivity contribution in [2.24, 2.45) is 5.92 Å². The van der Waals surface area contributed by atoms with E-state index < -0.39 is 10.0 Å². The summed E-state index contributed by atoms with van der Waals surface area (Å²) in [5.41, 5.74) is 0. The molecule has 26 heavy (non-hydrogen) atoms. The zero-order valence-corrected chi connectivity index (χ0v) is 16.8. The van der Waals surface area contributed by atoms with Gasteiger partial charge in [0.05, 0.1) is 11.5 Å². The van der Waals surface area contributed by atoms with Crippen LogP contribution >= 0.6 is 0 Å². The van der Waals surface area contributed by atoms with E-state index in [1.807, 2.05) is 6.92 Å². The van der Waals surface area contributed by atoms with Crippen LogP contribution in [-0.2, 0) is 14.8 Å². The minimum Gasteiger partial charge on any atom is -0.491 e. The van der Waals surface area contributed by atoms with E-state index in [1.165, 1.54) is 12.8 Å². The monoisotopic (exact) mass is 384 g/mol. The second-order valence-corrected chi connectivity index (χ2v) is 8.58. The molecular weight excluding hydrogens is 352 g/mol. The summed E-state index contributed by atoms with van der Waals surface area (Å²) in [5, 5.41) is 0. The van der Waals surface area contributed by atoms with Gasteiger partial charge in [-0.25, -0.2) is 13.1 Å². The van der Waals surface area contributed by atoms with Crippen LogP contribution in [0.3, 0.4) is 0 Å². The lowest BCUT2D eigenvalue weighted by Gasteiger charge is -2.30. The third kappa shape index (κ3) is 7.23. The number of piperidine rings is 1. The first-order valence-corrected chi connectivity index (χ1v) is 11.0. The van der Waals surface area contributed by atoms with E-state index in [2.05, 4.69) is 16.5 Å². The van der Waals surface area contributed by atoms with E-state index in [4.69, 9.17) is 9.47 Å². The van der Waals surface area contributed by atoms with Gasteiger partial charge in [0, 0.05) is 19.7 Å². The number of nitrogens with zero attached hydrogens (tertiary/aromatic N) is 1. The van der Waals surface area contributed by atoms with Gasteiger partial charge in [0.1, 0.15) is 12.4 Å². The van der Waals surface area contributed by atoms with E-state index in [0.29, 0.717) is 32.1 Å². The van der Waals surface area contributed by atoms with Gasteiger partial charge in [0.15, 0.2) is 0 Å². The molecule has 0 aliphatic carbocycles. The van der Waals surface area contributed by atoms with E-state index in [0.717, 1.165) is 32.0 Å². The van der Waals surface area contributed by atoms with Gasteiger partial charge in [0.25, 0.3) is 0 Å². The molecule has 1 aromatic rings. The topological polar surface area (TPSA) is 67.9 Å². The number of benzene rings is 1. The van der Waals surface area contributed by atoms with Gasteiger partial charge in [0.2, 0.25) is 10.0 Å². The molecule has 0 spiro atoms. The lowest BCUT2D eigenvalue weighted by Crippen LogP contribution is -2.36. The maximum atomic E-state index is 12.4. The number of likely N-dealkylation sites (tertiary alicyclic amines) is 1. The number of nitrogens with one attached hydrogen (secondary N) is 1. The van der Waals surface area contributed by atoms with Crippen molar-refractivity contribution in [2.75, 3.05) is 46.0 Å². The zero-order chi connectivity index (χ0) is 18.8. The van der Waals surface area contributed by atoms with Crippen LogP contribution in [0.4, 0.5) is 0 Å². The highest BCUT2D eigenvalue weighted by molar-refractivity contribution is 7.89. The summed E-state index contributed by atoms with van der Waals surface area (Å²) >= 11 is 0. The van der Waals surface area contributed by atoms with E-state index >= 15 is 0 Å². The maximum absolute atomic E-state index is 12.4. The first-order chi connectivity index (χ1) is 12.5. The summed E-state index contributed by atoms with van der Waals surface area (Å²) in [6.45, 7) is 9.49. The molecular formula is C19H32N2O4S. The van der Waals surface area contributed by atoms with Gasteiger partial charge < -0.3 is 14.4 Å². The Kier molecular flexibility index (Phi) is 8.84. The van der Waals surface area contributed by atoms with Crippen LogP contribution in [0.1, 0.15) is 33.1 Å². The Morgan fingerprint density at radius 2 is 2.00 bits per heavy atom. The average Bonchev–Trinajstić information content (AvgIpc) is 2.63. The Labute approximate surface area is 157 Å². The van der Waals surface area contributed by atoms with Crippen molar-refractivity contribution in [2.45, 2.75) is 38.0 Å². The number of hydrogen-bond acceptors (Lipinski definition) is 5. The van der Waals surface area contributed by atoms with Crippen molar-refractivity contribution >= 4 is 10.0 Å². The fraction of sp³-hybridized carbons (Fsp3) is 0.684. The number of ether oxygens (including phenoxy) is 2. The predicted molar refractivity (Wildman–Crippen MR) is 103 cm³/mol. The Bertz CT molecular complexity index is 619. The van der Waals surface area contributed by atoms with Gasteiger partial charge in [-0.3, -0.25) is 0 Å². The molecule has 0 aromatic heterocycles. The van der Waals surface area contributed by atoms with Gasteiger partial charge in [-0.2, -0.15) is 0 Å². The molecule has 1 atom stereocenters. The molecule has 1 fully saturated rings. The van der Waals surface area contributed by atoms with Crippen LogP contribution in [-0.4, -0.2) is 59.3 Å². The highest BCUT2D eigenvalue weighted by Gasteiger charge is 2.17. The lowest BCUT2D eigenvalue weighted by atomic mass is 10.0. The molecule has 0 saturated carbocycles. The minimum atomic E-state index is -3.47. The molecule has 0 unspecified atom stereocenters. The summed E-state index contributed by atoms with van der Waals surface area (Å²) in [6, 6.07) is 6.50. The Morgan fingerprint density at radius 1 is 1.23 bits per heavy atom. The summed E-state index contributed by atoms with van der Waals surface area (Å²) in [7, 11) is -3.47. The Morgan fingerprint density at radius 3 is 2.69 bits per heavy atom. The molecule has 148 valence electrons. The third-order valence-corrected chi connectivity index (χ3v) is 6.00. The van der Waals surface area contributed by atoms with Crippen molar-refractivity contribution in [1.29, 1.82) is 0 Å². The highest BCUT2D eigenvalue weighted by Crippen LogP contribution is 2.17. The van der Waals surface area contributed by atoms with Crippen LogP contribution in [0, 0.1) is 5.92 Å². The maximum Gasteiger partial charge on any atom is 0.240 e. The van der Waals surface area contributed by atoms with Crippen LogP contribution in [0.15, 0.2) is 29.2 Å². The zero-order valence-electron chi connectivity index (χ0n) is 15.9. The fourth-order valence-corrected chi connectivity index (χ4v) is 4.23. The number of hydrogen-bond donors (Lipinski definition) is 1. The first-order valence-electron chi connectivity index (χ1n) is 9.54. The minimum absolute atomic E-state index is 0.265. The SMILES string of the molecule is CCOCCOc1ccc(S(=O)(=O)NCCCN2CCC[C@@H](C)C2)cc1. The average molecular weight is 385 g/mol. The molecule has 1 aliphatic rings. The summed E-state index contributed by atoms with van der Waals surface area (Å²) < 4.78 is 38.1. The van der Waals surface area contributed by atoms with Crippen LogP contribution in [0.5, 0.6) is 5.75 Å². The second kappa shape index (κ2) is 10.9. The molecule has 1 aliphatic heterocycles. The van der Waals surface area contributed by atoms with Crippen molar-refractivity contribution in [3.8, 4) is 5.75 Å². The number of rotatable bonds is 11. The van der Waals surface area contributed by atoms with Crippen LogP contribution < -0.4 is 9.46 Å². The van der Waals surface area contributed by atoms with Gasteiger partial charge in [-0.05, 0) is 69.5 Å². The molecule has 1 saturated heterocycles. The largest absolute Gasteiger partial charge is 0.491 e. The highest BCUT2D eigenvalue weighted by atomic mass is 32.2. The molecule has 7 heteroatoms. The molecule has 0 radical (unpaired) electrons. The van der Waals surface area contributed by atoms with Crippen molar-refractivity contribution in [1.82, 2.24) is 9.62 Å². The van der Waals surface area contributed by atoms with Crippen molar-refractivity contribution < 1.29 is 17.9 Å². The van der Waals surface area contributed by atoms with E-state index in [9.17, 15) is 8.42 Å². The molecule has 6 nitrogen and oxygen atoms in total. The predicted octanol–water partition coefficient (Wildman–Crippen LogP) is 2.50. The molecule has 2 rings (SSSR count). The third-order valence-electron chi connectivity index (χ3n) is 4.52. The van der Waals surface area contributed by atoms with Gasteiger partial charge in [-0.1, -0.05) is 6.92 Å². The van der Waals surface area contributed by atoms with Gasteiger partial charge >= 0.3 is 0 Å². The molecule has 1 aromatic carbocycles. The number of sulfonamides is 1. The van der Waals surface area contributed by atoms with Crippen LogP contribution in [0.2, 0.25) is 0 Å². The lowest BCUT2D eigenvalue weighted by molar-refractivity contribution is 0.110. The first kappa shape index (κ1) is 21.2. The molecule has 0 amide bonds. The van der Waals surface area contributed by atoms with Crippen LogP contribution in [0.25, 0.3) is 0 Å². The fourth-order valence-electron chi connectivity index (χ4n) is 3.16. The Hall–Kier alpha value is -1.15. The van der Waals surface area contributed by atoms with Crippen molar-refractivity contribution in [3.63, 3.8) is 0 Å². The van der Waals surface area contributed by atoms with E-state index in [1.54, 1.807) is 24.3 Å². The summed E-state index contributed by atoms with van der Waals surface area (Å²) in [4.78, 5) is 2.69. The Balaban J connectivity index is 1.72.